The van der Waals surface area contributed by atoms with Crippen molar-refractivity contribution in [3.8, 4) is 0 Å². The topological polar surface area (TPSA) is 78.9 Å². The molecule has 0 aliphatic heterocycles. The molecule has 0 aromatic carbocycles. The molecule has 0 spiro atoms. The number of nitrogens with zero attached hydrogens (tertiary/aromatic N) is 4. The standard InChI is InChI=1S/C7H9N5O/c1-2-13-12-4-11-5-6(8)9-3-10-7(5)12/h3-4H,2H2,1H3,(H2,8,9,10). The third-order valence-electron chi connectivity index (χ3n) is 1.60. The van der Waals surface area contributed by atoms with Crippen LogP contribution in [0.1, 0.15) is 6.92 Å². The minimum absolute atomic E-state index is 0.364. The lowest BCUT2D eigenvalue weighted by Gasteiger charge is -2.01. The minimum Gasteiger partial charge on any atom is -0.411 e. The fourth-order valence-electron chi connectivity index (χ4n) is 1.07. The van der Waals surface area contributed by atoms with E-state index in [0.717, 1.165) is 0 Å². The first-order valence-corrected chi connectivity index (χ1v) is 3.89. The number of nitrogens with two attached hydrogens (primary N) is 1. The van der Waals surface area contributed by atoms with Gasteiger partial charge < -0.3 is 10.6 Å². The van der Waals surface area contributed by atoms with Crippen LogP contribution in [0, 0.1) is 0 Å². The molecule has 0 saturated heterocycles. The number of anilines is 1. The Morgan fingerprint density at radius 1 is 1.46 bits per heavy atom. The summed E-state index contributed by atoms with van der Waals surface area (Å²) in [5.74, 6) is 0.364. The van der Waals surface area contributed by atoms with Crippen LogP contribution in [0.3, 0.4) is 0 Å². The lowest BCUT2D eigenvalue weighted by molar-refractivity contribution is 0.129. The minimum atomic E-state index is 0.364. The van der Waals surface area contributed by atoms with Crippen LogP contribution < -0.4 is 10.6 Å². The van der Waals surface area contributed by atoms with Crippen molar-refractivity contribution in [1.82, 2.24) is 19.7 Å². The van der Waals surface area contributed by atoms with Gasteiger partial charge >= 0.3 is 0 Å². The van der Waals surface area contributed by atoms with Gasteiger partial charge in [0.1, 0.15) is 19.3 Å². The van der Waals surface area contributed by atoms with E-state index in [-0.39, 0.29) is 0 Å². The van der Waals surface area contributed by atoms with Gasteiger partial charge in [-0.2, -0.15) is 4.73 Å². The number of nitrogen functional groups attached to an aromatic ring is 1. The molecule has 0 aliphatic rings. The van der Waals surface area contributed by atoms with Gasteiger partial charge in [0.05, 0.1) is 0 Å². The van der Waals surface area contributed by atoms with Crippen LogP contribution in [0.15, 0.2) is 12.7 Å². The van der Waals surface area contributed by atoms with Crippen LogP contribution in [0.5, 0.6) is 0 Å². The molecule has 2 aromatic heterocycles. The largest absolute Gasteiger partial charge is 0.411 e. The van der Waals surface area contributed by atoms with Gasteiger partial charge in [0, 0.05) is 0 Å². The Bertz CT molecular complexity index is 424. The summed E-state index contributed by atoms with van der Waals surface area (Å²) in [7, 11) is 0. The average Bonchev–Trinajstić information content (AvgIpc) is 2.51. The van der Waals surface area contributed by atoms with E-state index in [1.807, 2.05) is 6.92 Å². The highest BCUT2D eigenvalue weighted by Gasteiger charge is 2.07. The molecule has 0 amide bonds. The zero-order chi connectivity index (χ0) is 9.26. The number of imidazole rings is 1. The van der Waals surface area contributed by atoms with Gasteiger partial charge in [-0.05, 0) is 6.92 Å². The van der Waals surface area contributed by atoms with E-state index in [1.54, 1.807) is 0 Å². The van der Waals surface area contributed by atoms with Gasteiger partial charge in [-0.1, -0.05) is 0 Å². The molecule has 6 nitrogen and oxygen atoms in total. The summed E-state index contributed by atoms with van der Waals surface area (Å²) >= 11 is 0. The average molecular weight is 179 g/mol. The van der Waals surface area contributed by atoms with Crippen LogP contribution >= 0.6 is 0 Å². The molecule has 2 heterocycles. The first-order valence-electron chi connectivity index (χ1n) is 3.89. The van der Waals surface area contributed by atoms with Crippen LogP contribution in [0.4, 0.5) is 5.82 Å². The normalized spacial score (nSPS) is 10.5. The second-order valence-electron chi connectivity index (χ2n) is 2.42. The van der Waals surface area contributed by atoms with Crippen molar-refractivity contribution in [2.75, 3.05) is 12.3 Å². The van der Waals surface area contributed by atoms with E-state index in [4.69, 9.17) is 10.6 Å². The Balaban J connectivity index is 2.61. The summed E-state index contributed by atoms with van der Waals surface area (Å²) < 4.78 is 1.48. The fourth-order valence-corrected chi connectivity index (χ4v) is 1.07. The monoisotopic (exact) mass is 179 g/mol. The number of hydrogen-bond donors (Lipinski definition) is 1. The number of rotatable bonds is 2. The molecule has 6 heteroatoms. The van der Waals surface area contributed by atoms with Gasteiger partial charge in [-0.3, -0.25) is 0 Å². The summed E-state index contributed by atoms with van der Waals surface area (Å²) in [4.78, 5) is 17.1. The molecule has 0 saturated carbocycles. The zero-order valence-electron chi connectivity index (χ0n) is 7.14. The Hall–Kier alpha value is -1.85. The molecule has 0 aliphatic carbocycles. The highest BCUT2D eigenvalue weighted by Crippen LogP contribution is 2.12. The predicted octanol–water partition coefficient (Wildman–Crippen LogP) is -0.143. The lowest BCUT2D eigenvalue weighted by atomic mass is 10.5. The van der Waals surface area contributed by atoms with Crippen LogP contribution in [0.25, 0.3) is 11.2 Å². The van der Waals surface area contributed by atoms with Crippen LogP contribution in [-0.4, -0.2) is 26.3 Å². The van der Waals surface area contributed by atoms with Gasteiger partial charge in [0.2, 0.25) is 5.65 Å². The van der Waals surface area contributed by atoms with E-state index in [2.05, 4.69) is 15.0 Å². The Labute approximate surface area is 74.3 Å². The molecule has 0 unspecified atom stereocenters. The Kier molecular flexibility index (Phi) is 1.73. The first kappa shape index (κ1) is 7.78. The van der Waals surface area contributed by atoms with Crippen molar-refractivity contribution < 1.29 is 4.84 Å². The van der Waals surface area contributed by atoms with E-state index in [1.165, 1.54) is 17.4 Å². The smallest absolute Gasteiger partial charge is 0.201 e. The van der Waals surface area contributed by atoms with Crippen molar-refractivity contribution in [2.45, 2.75) is 6.92 Å². The van der Waals surface area contributed by atoms with E-state index >= 15 is 0 Å². The zero-order valence-corrected chi connectivity index (χ0v) is 7.14. The SMILES string of the molecule is CCOn1cnc2c(N)ncnc21. The fraction of sp³-hybridized carbons (Fsp3) is 0.286. The molecule has 0 bridgehead atoms. The maximum absolute atomic E-state index is 5.58. The Morgan fingerprint density at radius 2 is 2.31 bits per heavy atom. The molecule has 0 radical (unpaired) electrons. The van der Waals surface area contributed by atoms with Gasteiger partial charge in [0.15, 0.2) is 11.3 Å². The number of hydrogen-bond acceptors (Lipinski definition) is 5. The number of fused-ring (bicyclic) bond motifs is 1. The molecule has 68 valence electrons. The second kappa shape index (κ2) is 2.89. The summed E-state index contributed by atoms with van der Waals surface area (Å²) in [6, 6.07) is 0. The molecule has 2 N–H and O–H groups in total. The maximum Gasteiger partial charge on any atom is 0.201 e. The maximum atomic E-state index is 5.58. The van der Waals surface area contributed by atoms with Gasteiger partial charge in [0.25, 0.3) is 0 Å². The second-order valence-corrected chi connectivity index (χ2v) is 2.42. The first-order chi connectivity index (χ1) is 6.33. The summed E-state index contributed by atoms with van der Waals surface area (Å²) in [6.45, 7) is 2.44. The van der Waals surface area contributed by atoms with Gasteiger partial charge in [-0.15, -0.1) is 0 Å². The third kappa shape index (κ3) is 1.16. The summed E-state index contributed by atoms with van der Waals surface area (Å²) in [5, 5.41) is 0. The van der Waals surface area contributed by atoms with E-state index in [9.17, 15) is 0 Å². The van der Waals surface area contributed by atoms with E-state index < -0.39 is 0 Å². The molecule has 2 aromatic rings. The van der Waals surface area contributed by atoms with Crippen molar-refractivity contribution >= 4 is 17.0 Å². The summed E-state index contributed by atoms with van der Waals surface area (Å²) in [6.07, 6.45) is 2.91. The van der Waals surface area contributed by atoms with Crippen molar-refractivity contribution in [1.29, 1.82) is 0 Å². The molecule has 13 heavy (non-hydrogen) atoms. The molecule has 0 atom stereocenters. The van der Waals surface area contributed by atoms with E-state index in [0.29, 0.717) is 23.6 Å². The summed E-state index contributed by atoms with van der Waals surface area (Å²) in [5.41, 5.74) is 6.74. The van der Waals surface area contributed by atoms with Crippen molar-refractivity contribution in [2.24, 2.45) is 0 Å². The number of aromatic nitrogens is 4. The van der Waals surface area contributed by atoms with Crippen LogP contribution in [-0.2, 0) is 0 Å². The Morgan fingerprint density at radius 3 is 3.08 bits per heavy atom. The quantitative estimate of drug-likeness (QED) is 0.694. The van der Waals surface area contributed by atoms with Crippen LogP contribution in [0.2, 0.25) is 0 Å². The highest BCUT2D eigenvalue weighted by atomic mass is 16.7. The predicted molar refractivity (Wildman–Crippen MR) is 46.9 cm³/mol. The van der Waals surface area contributed by atoms with Crippen molar-refractivity contribution in [3.63, 3.8) is 0 Å². The lowest BCUT2D eigenvalue weighted by Crippen LogP contribution is -2.09. The molecule has 2 rings (SSSR count). The molecule has 0 fully saturated rings. The van der Waals surface area contributed by atoms with Crippen molar-refractivity contribution in [3.05, 3.63) is 12.7 Å². The third-order valence-corrected chi connectivity index (χ3v) is 1.60. The highest BCUT2D eigenvalue weighted by molar-refractivity contribution is 5.80. The molecular weight excluding hydrogens is 170 g/mol. The molecular formula is C7H9N5O. The van der Waals surface area contributed by atoms with Gasteiger partial charge in [-0.25, -0.2) is 15.0 Å².